The van der Waals surface area contributed by atoms with Crippen LogP contribution >= 0.6 is 0 Å². The maximum absolute atomic E-state index is 12.4. The molecule has 8 atom stereocenters. The van der Waals surface area contributed by atoms with Crippen molar-refractivity contribution in [3.8, 4) is 5.75 Å². The zero-order valence-corrected chi connectivity index (χ0v) is 24.8. The first kappa shape index (κ1) is 30.3. The number of ether oxygens (including phenoxy) is 5. The minimum atomic E-state index is -1.19. The molecule has 10 heteroatoms. The molecule has 1 N–H and O–H groups in total. The van der Waals surface area contributed by atoms with E-state index < -0.39 is 54.4 Å². The monoisotopic (exact) mass is 592 g/mol. The van der Waals surface area contributed by atoms with E-state index >= 15 is 0 Å². The predicted molar refractivity (Wildman–Crippen MR) is 153 cm³/mol. The Kier molecular flexibility index (Phi) is 8.59. The van der Waals surface area contributed by atoms with E-state index in [1.807, 2.05) is 18.2 Å². The van der Waals surface area contributed by atoms with Crippen molar-refractivity contribution < 1.29 is 48.0 Å². The van der Waals surface area contributed by atoms with E-state index in [2.05, 4.69) is 25.1 Å². The molecule has 5 rings (SSSR count). The summed E-state index contributed by atoms with van der Waals surface area (Å²) in [6.07, 6.45) is -2.33. The highest BCUT2D eigenvalue weighted by Crippen LogP contribution is 2.63. The van der Waals surface area contributed by atoms with Crippen molar-refractivity contribution in [1.82, 2.24) is 0 Å². The fourth-order valence-electron chi connectivity index (χ4n) is 6.69. The van der Waals surface area contributed by atoms with Gasteiger partial charge in [-0.1, -0.05) is 36.4 Å². The van der Waals surface area contributed by atoms with Crippen LogP contribution in [0.4, 0.5) is 0 Å². The molecular formula is C33H36O10. The lowest BCUT2D eigenvalue weighted by Crippen LogP contribution is -2.63. The second kappa shape index (κ2) is 12.2. The summed E-state index contributed by atoms with van der Waals surface area (Å²) in [6.45, 7) is 6.73. The van der Waals surface area contributed by atoms with Crippen LogP contribution in [0.5, 0.6) is 5.75 Å². The second-order valence-electron chi connectivity index (χ2n) is 11.4. The van der Waals surface area contributed by atoms with Gasteiger partial charge in [0.2, 0.25) is 0 Å². The van der Waals surface area contributed by atoms with Gasteiger partial charge in [0.25, 0.3) is 0 Å². The number of aryl methyl sites for hydroxylation is 1. The highest BCUT2D eigenvalue weighted by atomic mass is 16.7. The molecule has 228 valence electrons. The number of allylic oxidation sites excluding steroid dienone is 2. The second-order valence-corrected chi connectivity index (χ2v) is 11.4. The van der Waals surface area contributed by atoms with E-state index in [1.54, 1.807) is 12.1 Å². The van der Waals surface area contributed by atoms with Gasteiger partial charge in [-0.15, -0.1) is 0 Å². The van der Waals surface area contributed by atoms with E-state index in [9.17, 15) is 24.3 Å². The lowest BCUT2D eigenvalue weighted by Gasteiger charge is -2.45. The fourth-order valence-corrected chi connectivity index (χ4v) is 6.69. The molecule has 1 saturated heterocycles. The van der Waals surface area contributed by atoms with Gasteiger partial charge in [0.15, 0.2) is 18.3 Å². The van der Waals surface area contributed by atoms with Gasteiger partial charge in [-0.25, -0.2) is 0 Å². The molecule has 2 aromatic rings. The summed E-state index contributed by atoms with van der Waals surface area (Å²) in [5.41, 5.74) is 5.58. The topological polar surface area (TPSA) is 135 Å². The zero-order chi connectivity index (χ0) is 31.0. The molecule has 1 aliphatic heterocycles. The molecule has 2 fully saturated rings. The summed E-state index contributed by atoms with van der Waals surface area (Å²) in [5.74, 6) is -2.43. The Bertz CT molecular complexity index is 1440. The van der Waals surface area contributed by atoms with Crippen molar-refractivity contribution in [2.75, 3.05) is 6.61 Å². The van der Waals surface area contributed by atoms with Crippen molar-refractivity contribution in [2.45, 2.75) is 77.5 Å². The predicted octanol–water partition coefficient (Wildman–Crippen LogP) is 3.80. The van der Waals surface area contributed by atoms with Crippen molar-refractivity contribution in [2.24, 2.45) is 11.8 Å². The van der Waals surface area contributed by atoms with Gasteiger partial charge < -0.3 is 28.8 Å². The Hall–Kier alpha value is -4.18. The van der Waals surface area contributed by atoms with Crippen molar-refractivity contribution in [3.63, 3.8) is 0 Å². The number of rotatable bonds is 8. The molecule has 2 aromatic carbocycles. The van der Waals surface area contributed by atoms with Crippen LogP contribution in [0.25, 0.3) is 5.57 Å². The standard InChI is InChI=1S/C33H36O10/c1-16-7-6-8-24-27(16)22(13-21-9-11-23(38)12-10-21)14-25-28(24)29(25)31-33(42-20(5)37)32(41-19(4)36)30(40-18(3)35)26(43-31)15-39-17(2)34/h6-12,14,25-26,28-33,38H,13,15H2,1-5H3/t25-,26-,28?,29?,30-,31+,32+,33+/m1/s1. The molecule has 3 aliphatic rings. The van der Waals surface area contributed by atoms with Crippen molar-refractivity contribution in [3.05, 3.63) is 70.8 Å². The van der Waals surface area contributed by atoms with E-state index in [0.717, 1.165) is 27.8 Å². The number of phenols is 1. The Labute approximate surface area is 249 Å². The van der Waals surface area contributed by atoms with Crippen molar-refractivity contribution in [1.29, 1.82) is 0 Å². The lowest BCUT2D eigenvalue weighted by atomic mass is 9.84. The van der Waals surface area contributed by atoms with Crippen LogP contribution < -0.4 is 0 Å². The molecule has 1 saturated carbocycles. The summed E-state index contributed by atoms with van der Waals surface area (Å²) < 4.78 is 28.8. The Morgan fingerprint density at radius 3 is 2.07 bits per heavy atom. The number of fused-ring (bicyclic) bond motifs is 3. The summed E-state index contributed by atoms with van der Waals surface area (Å²) in [4.78, 5) is 48.5. The number of esters is 4. The Morgan fingerprint density at radius 2 is 1.44 bits per heavy atom. The molecule has 0 spiro atoms. The molecular weight excluding hydrogens is 556 g/mol. The number of hydrogen-bond donors (Lipinski definition) is 1. The van der Waals surface area contributed by atoms with Crippen LogP contribution in [0.2, 0.25) is 0 Å². The third-order valence-corrected chi connectivity index (χ3v) is 8.25. The first-order valence-corrected chi connectivity index (χ1v) is 14.3. The largest absolute Gasteiger partial charge is 0.508 e. The Morgan fingerprint density at radius 1 is 0.814 bits per heavy atom. The average Bonchev–Trinajstić information content (AvgIpc) is 3.64. The molecule has 0 aromatic heterocycles. The Balaban J connectivity index is 1.55. The quantitative estimate of drug-likeness (QED) is 0.356. The smallest absolute Gasteiger partial charge is 0.303 e. The van der Waals surface area contributed by atoms with Crippen molar-refractivity contribution >= 4 is 29.5 Å². The summed E-state index contributed by atoms with van der Waals surface area (Å²) in [7, 11) is 0. The van der Waals surface area contributed by atoms with E-state index in [0.29, 0.717) is 6.42 Å². The van der Waals surface area contributed by atoms with Crippen LogP contribution in [0.3, 0.4) is 0 Å². The molecule has 1 heterocycles. The van der Waals surface area contributed by atoms with Gasteiger partial charge in [0, 0.05) is 33.6 Å². The zero-order valence-electron chi connectivity index (χ0n) is 24.8. The van der Waals surface area contributed by atoms with Gasteiger partial charge in [-0.05, 0) is 65.1 Å². The third-order valence-electron chi connectivity index (χ3n) is 8.25. The molecule has 0 amide bonds. The average molecular weight is 593 g/mol. The fraction of sp³-hybridized carbons (Fsp3) is 0.455. The number of carbonyl (C=O) groups excluding carboxylic acids is 4. The molecule has 0 bridgehead atoms. The number of carbonyl (C=O) groups is 4. The highest BCUT2D eigenvalue weighted by Gasteiger charge is 2.64. The summed E-state index contributed by atoms with van der Waals surface area (Å²) in [5, 5.41) is 9.76. The van der Waals surface area contributed by atoms with Crippen LogP contribution in [-0.4, -0.2) is 66.1 Å². The summed E-state index contributed by atoms with van der Waals surface area (Å²) in [6, 6.07) is 13.3. The third kappa shape index (κ3) is 6.44. The van der Waals surface area contributed by atoms with Gasteiger partial charge in [0.05, 0.1) is 0 Å². The first-order chi connectivity index (χ1) is 20.4. The normalized spacial score (nSPS) is 28.8. The maximum atomic E-state index is 12.4. The van der Waals surface area contributed by atoms with Crippen LogP contribution in [0, 0.1) is 18.8 Å². The SMILES string of the molecule is CC(=O)OC[C@H]1O[C@@H](C2C3c4cccc(C)c4C(Cc4ccc(O)cc4)=C[C@H]32)[C@H](OC(C)=O)[C@@H](OC(C)=O)[C@@H]1OC(C)=O. The minimum absolute atomic E-state index is 0.0158. The van der Waals surface area contributed by atoms with E-state index in [4.69, 9.17) is 23.7 Å². The first-order valence-electron chi connectivity index (χ1n) is 14.3. The molecule has 43 heavy (non-hydrogen) atoms. The van der Waals surface area contributed by atoms with E-state index in [-0.39, 0.29) is 30.1 Å². The van der Waals surface area contributed by atoms with Crippen LogP contribution in [0.1, 0.15) is 55.9 Å². The van der Waals surface area contributed by atoms with Gasteiger partial charge in [-0.2, -0.15) is 0 Å². The molecule has 0 radical (unpaired) electrons. The van der Waals surface area contributed by atoms with Crippen LogP contribution in [-0.2, 0) is 49.3 Å². The number of benzene rings is 2. The summed E-state index contributed by atoms with van der Waals surface area (Å²) >= 11 is 0. The van der Waals surface area contributed by atoms with Gasteiger partial charge in [0.1, 0.15) is 24.6 Å². The minimum Gasteiger partial charge on any atom is -0.508 e. The lowest BCUT2D eigenvalue weighted by molar-refractivity contribution is -0.256. The highest BCUT2D eigenvalue weighted by molar-refractivity contribution is 5.77. The van der Waals surface area contributed by atoms with Gasteiger partial charge >= 0.3 is 23.9 Å². The maximum Gasteiger partial charge on any atom is 0.303 e. The van der Waals surface area contributed by atoms with Crippen LogP contribution in [0.15, 0.2) is 48.5 Å². The number of aromatic hydroxyl groups is 1. The number of phenolic OH excluding ortho intramolecular Hbond substituents is 1. The van der Waals surface area contributed by atoms with Gasteiger partial charge in [-0.3, -0.25) is 19.2 Å². The molecule has 2 aliphatic carbocycles. The molecule has 2 unspecified atom stereocenters. The van der Waals surface area contributed by atoms with E-state index in [1.165, 1.54) is 27.7 Å². The number of hydrogen-bond acceptors (Lipinski definition) is 10. The molecule has 10 nitrogen and oxygen atoms in total.